The van der Waals surface area contributed by atoms with Gasteiger partial charge in [0.1, 0.15) is 11.8 Å². The lowest BCUT2D eigenvalue weighted by atomic mass is 9.95. The van der Waals surface area contributed by atoms with Crippen LogP contribution in [0.5, 0.6) is 5.75 Å². The van der Waals surface area contributed by atoms with Gasteiger partial charge < -0.3 is 14.0 Å². The van der Waals surface area contributed by atoms with Crippen molar-refractivity contribution in [3.05, 3.63) is 163 Å². The van der Waals surface area contributed by atoms with Gasteiger partial charge in [0, 0.05) is 16.8 Å². The summed E-state index contributed by atoms with van der Waals surface area (Å²) in [6.07, 6.45) is 1.95. The number of carbonyl (C=O) groups is 1. The average molecular weight is 666 g/mol. The lowest BCUT2D eigenvalue weighted by Gasteiger charge is -2.25. The van der Waals surface area contributed by atoms with Crippen molar-refractivity contribution in [1.29, 1.82) is 0 Å². The number of rotatable bonds is 8. The van der Waals surface area contributed by atoms with Gasteiger partial charge in [-0.05, 0) is 62.2 Å². The molecule has 2 aromatic heterocycles. The van der Waals surface area contributed by atoms with E-state index >= 15 is 0 Å². The van der Waals surface area contributed by atoms with Gasteiger partial charge in [0.2, 0.25) is 0 Å². The van der Waals surface area contributed by atoms with Crippen LogP contribution >= 0.6 is 11.3 Å². The molecule has 0 spiro atoms. The molecule has 4 aromatic carbocycles. The molecule has 1 aliphatic rings. The minimum Gasteiger partial charge on any atom is -0.496 e. The monoisotopic (exact) mass is 665 g/mol. The predicted molar refractivity (Wildman–Crippen MR) is 195 cm³/mol. The molecule has 8 heteroatoms. The van der Waals surface area contributed by atoms with Crippen molar-refractivity contribution in [2.75, 3.05) is 13.7 Å². The first-order valence-electron chi connectivity index (χ1n) is 16.2. The number of nitrogens with zero attached hydrogens (tertiary/aromatic N) is 3. The number of aryl methyl sites for hydroxylation is 1. The van der Waals surface area contributed by atoms with Crippen molar-refractivity contribution in [2.24, 2.45) is 4.99 Å². The van der Waals surface area contributed by atoms with Crippen LogP contribution in [0.4, 0.5) is 0 Å². The molecular formula is C41H35N3O4S. The number of fused-ring (bicyclic) bond motifs is 1. The highest BCUT2D eigenvalue weighted by molar-refractivity contribution is 7.07. The van der Waals surface area contributed by atoms with E-state index in [1.54, 1.807) is 25.5 Å². The van der Waals surface area contributed by atoms with Gasteiger partial charge in [0.25, 0.3) is 5.56 Å². The van der Waals surface area contributed by atoms with E-state index in [0.29, 0.717) is 31.9 Å². The Kier molecular flexibility index (Phi) is 8.72. The molecule has 0 N–H and O–H groups in total. The zero-order valence-electron chi connectivity index (χ0n) is 27.7. The Balaban J connectivity index is 1.52. The maximum absolute atomic E-state index is 14.6. The summed E-state index contributed by atoms with van der Waals surface area (Å²) in [7, 11) is 1.58. The number of thiazole rings is 1. The van der Waals surface area contributed by atoms with Gasteiger partial charge in [-0.15, -0.1) is 0 Å². The highest BCUT2D eigenvalue weighted by Crippen LogP contribution is 2.38. The zero-order valence-corrected chi connectivity index (χ0v) is 28.5. The first-order chi connectivity index (χ1) is 23.9. The smallest absolute Gasteiger partial charge is 0.338 e. The topological polar surface area (TPSA) is 74.8 Å². The molecular weight excluding hydrogens is 631 g/mol. The van der Waals surface area contributed by atoms with Crippen LogP contribution in [0.15, 0.2) is 136 Å². The standard InChI is InChI=1S/C41H35N3O4S/c1-5-48-40(46)36-27(3)42-41-44(38(36)32-18-12-13-19-34(32)47-4)39(45)35(49-41)25-30-24-33(28-14-8-6-9-15-28)43(31-22-20-26(2)21-23-31)37(30)29-16-10-7-11-17-29/h6-25,38H,5H2,1-4H3/b35-25+/t38-/m1/s1. The predicted octanol–water partition coefficient (Wildman–Crippen LogP) is 7.24. The number of aromatic nitrogens is 2. The van der Waals surface area contributed by atoms with Gasteiger partial charge in [-0.1, -0.05) is 108 Å². The summed E-state index contributed by atoms with van der Waals surface area (Å²) in [4.78, 5) is 33.3. The Morgan fingerprint density at radius 1 is 0.878 bits per heavy atom. The number of ether oxygens (including phenoxy) is 2. The third-order valence-electron chi connectivity index (χ3n) is 8.68. The van der Waals surface area contributed by atoms with E-state index in [1.165, 1.54) is 16.9 Å². The quantitative estimate of drug-likeness (QED) is 0.161. The van der Waals surface area contributed by atoms with Crippen LogP contribution in [0.1, 0.15) is 36.6 Å². The molecule has 49 heavy (non-hydrogen) atoms. The molecule has 0 fully saturated rings. The molecule has 7 nitrogen and oxygen atoms in total. The molecule has 0 unspecified atom stereocenters. The maximum Gasteiger partial charge on any atom is 0.338 e. The largest absolute Gasteiger partial charge is 0.496 e. The van der Waals surface area contributed by atoms with Crippen LogP contribution in [-0.4, -0.2) is 28.8 Å². The van der Waals surface area contributed by atoms with Gasteiger partial charge in [0.05, 0.1) is 40.9 Å². The van der Waals surface area contributed by atoms with Crippen LogP contribution in [0.25, 0.3) is 34.3 Å². The van der Waals surface area contributed by atoms with Crippen LogP contribution in [0.2, 0.25) is 0 Å². The molecule has 244 valence electrons. The molecule has 7 rings (SSSR count). The fourth-order valence-corrected chi connectivity index (χ4v) is 7.47. The van der Waals surface area contributed by atoms with Crippen LogP contribution < -0.4 is 19.6 Å². The van der Waals surface area contributed by atoms with Crippen molar-refractivity contribution < 1.29 is 14.3 Å². The van der Waals surface area contributed by atoms with E-state index < -0.39 is 12.0 Å². The van der Waals surface area contributed by atoms with Gasteiger partial charge in [0.15, 0.2) is 4.80 Å². The normalized spacial score (nSPS) is 14.4. The number of para-hydroxylation sites is 1. The van der Waals surface area contributed by atoms with Crippen molar-refractivity contribution >= 4 is 23.4 Å². The Bertz CT molecular complexity index is 2390. The number of esters is 1. The van der Waals surface area contributed by atoms with Crippen molar-refractivity contribution in [3.8, 4) is 34.0 Å². The fourth-order valence-electron chi connectivity index (χ4n) is 6.43. The molecule has 1 aliphatic heterocycles. The van der Waals surface area contributed by atoms with Crippen molar-refractivity contribution in [3.63, 3.8) is 0 Å². The molecule has 0 aliphatic carbocycles. The third-order valence-corrected chi connectivity index (χ3v) is 9.66. The summed E-state index contributed by atoms with van der Waals surface area (Å²) in [5.74, 6) is 0.0515. The van der Waals surface area contributed by atoms with Gasteiger partial charge >= 0.3 is 5.97 Å². The van der Waals surface area contributed by atoms with Gasteiger partial charge in [-0.2, -0.15) is 0 Å². The lowest BCUT2D eigenvalue weighted by molar-refractivity contribution is -0.139. The minimum atomic E-state index is -0.778. The summed E-state index contributed by atoms with van der Waals surface area (Å²) < 4.78 is 15.6. The van der Waals surface area contributed by atoms with Crippen LogP contribution in [0.3, 0.4) is 0 Å². The van der Waals surface area contributed by atoms with Crippen LogP contribution in [0, 0.1) is 6.92 Å². The zero-order chi connectivity index (χ0) is 34.1. The first-order valence-corrected chi connectivity index (χ1v) is 17.0. The average Bonchev–Trinajstić information content (AvgIpc) is 3.65. The number of carbonyl (C=O) groups excluding carboxylic acids is 1. The summed E-state index contributed by atoms with van der Waals surface area (Å²) in [5.41, 5.74) is 8.31. The van der Waals surface area contributed by atoms with Gasteiger partial charge in [-0.3, -0.25) is 9.36 Å². The summed E-state index contributed by atoms with van der Waals surface area (Å²) in [6.45, 7) is 5.82. The maximum atomic E-state index is 14.6. The molecule has 0 saturated carbocycles. The SMILES string of the molecule is CCOC(=O)C1=C(C)N=c2s/c(=C/c3cc(-c4ccccc4)n(-c4ccc(C)cc4)c3-c3ccccc3)c(=O)n2[C@@H]1c1ccccc1OC. The number of benzene rings is 4. The third kappa shape index (κ3) is 5.85. The number of hydrogen-bond acceptors (Lipinski definition) is 6. The van der Waals surface area contributed by atoms with Crippen molar-refractivity contribution in [2.45, 2.75) is 26.8 Å². The number of hydrogen-bond donors (Lipinski definition) is 0. The Labute approximate surface area is 288 Å². The van der Waals surface area contributed by atoms with E-state index in [2.05, 4.69) is 66.1 Å². The minimum absolute atomic E-state index is 0.197. The van der Waals surface area contributed by atoms with E-state index in [-0.39, 0.29) is 12.2 Å². The van der Waals surface area contributed by atoms with E-state index in [9.17, 15) is 9.59 Å². The molecule has 0 amide bonds. The highest BCUT2D eigenvalue weighted by Gasteiger charge is 2.35. The Morgan fingerprint density at radius 2 is 1.53 bits per heavy atom. The summed E-state index contributed by atoms with van der Waals surface area (Å²) in [5, 5.41) is 0. The van der Waals surface area contributed by atoms with E-state index in [4.69, 9.17) is 14.5 Å². The highest BCUT2D eigenvalue weighted by atomic mass is 32.1. The Morgan fingerprint density at radius 3 is 2.20 bits per heavy atom. The summed E-state index contributed by atoms with van der Waals surface area (Å²) in [6, 6.07) is 37.7. The molecule has 3 heterocycles. The lowest BCUT2D eigenvalue weighted by Crippen LogP contribution is -2.40. The Hall–Kier alpha value is -5.73. The number of methoxy groups -OCH3 is 1. The second kappa shape index (κ2) is 13.4. The summed E-state index contributed by atoms with van der Waals surface area (Å²) >= 11 is 1.30. The van der Waals surface area contributed by atoms with Crippen LogP contribution in [-0.2, 0) is 9.53 Å². The van der Waals surface area contributed by atoms with E-state index in [1.807, 2.05) is 66.7 Å². The first kappa shape index (κ1) is 31.8. The molecule has 0 radical (unpaired) electrons. The second-order valence-corrected chi connectivity index (χ2v) is 12.8. The molecule has 0 saturated heterocycles. The van der Waals surface area contributed by atoms with E-state index in [0.717, 1.165) is 33.8 Å². The molecule has 6 aromatic rings. The fraction of sp³-hybridized carbons (Fsp3) is 0.146. The second-order valence-electron chi connectivity index (χ2n) is 11.8. The number of allylic oxidation sites excluding steroid dienone is 1. The molecule has 0 bridgehead atoms. The van der Waals surface area contributed by atoms with Crippen molar-refractivity contribution in [1.82, 2.24) is 9.13 Å². The van der Waals surface area contributed by atoms with Gasteiger partial charge in [-0.25, -0.2) is 9.79 Å². The molecule has 1 atom stereocenters.